The van der Waals surface area contributed by atoms with Gasteiger partial charge in [0, 0.05) is 30.7 Å². The summed E-state index contributed by atoms with van der Waals surface area (Å²) in [6.07, 6.45) is 5.80. The van der Waals surface area contributed by atoms with Gasteiger partial charge in [0.05, 0.1) is 12.3 Å². The second-order valence-corrected chi connectivity index (χ2v) is 6.09. The summed E-state index contributed by atoms with van der Waals surface area (Å²) in [5.41, 5.74) is 1.21. The van der Waals surface area contributed by atoms with Crippen molar-refractivity contribution in [3.8, 4) is 0 Å². The first-order valence-corrected chi connectivity index (χ1v) is 8.25. The van der Waals surface area contributed by atoms with Crippen molar-refractivity contribution in [3.05, 3.63) is 17.3 Å². The molecule has 0 saturated heterocycles. The zero-order valence-corrected chi connectivity index (χ0v) is 12.7. The number of rotatable bonds is 7. The number of hydrogen-bond donors (Lipinski definition) is 2. The van der Waals surface area contributed by atoms with E-state index < -0.39 is 0 Å². The van der Waals surface area contributed by atoms with Crippen LogP contribution in [0.1, 0.15) is 31.9 Å². The number of aromatic nitrogens is 2. The molecule has 2 aromatic heterocycles. The molecule has 0 aromatic carbocycles. The quantitative estimate of drug-likeness (QED) is 0.818. The standard InChI is InChI=1S/C14H22N4OS/c1-2-15-10-12-13(16-14-18(12)7-9-20-14)17(6-8-19)11-4-3-5-11/h7,9,11,15,19H,2-6,8,10H2,1H3. The van der Waals surface area contributed by atoms with Gasteiger partial charge in [-0.25, -0.2) is 4.98 Å². The molecule has 1 fully saturated rings. The number of anilines is 1. The van der Waals surface area contributed by atoms with Crippen LogP contribution in [0.4, 0.5) is 5.82 Å². The molecule has 3 rings (SSSR count). The fourth-order valence-corrected chi connectivity index (χ4v) is 3.45. The maximum absolute atomic E-state index is 9.37. The molecule has 0 bridgehead atoms. The van der Waals surface area contributed by atoms with Crippen molar-refractivity contribution in [2.45, 2.75) is 38.8 Å². The van der Waals surface area contributed by atoms with E-state index in [1.807, 2.05) is 0 Å². The lowest BCUT2D eigenvalue weighted by Gasteiger charge is -2.38. The van der Waals surface area contributed by atoms with Crippen molar-refractivity contribution in [3.63, 3.8) is 0 Å². The lowest BCUT2D eigenvalue weighted by atomic mass is 9.91. The number of fused-ring (bicyclic) bond motifs is 1. The highest BCUT2D eigenvalue weighted by atomic mass is 32.1. The number of hydrogen-bond acceptors (Lipinski definition) is 5. The average Bonchev–Trinajstić information content (AvgIpc) is 2.94. The van der Waals surface area contributed by atoms with Gasteiger partial charge in [-0.1, -0.05) is 6.92 Å². The van der Waals surface area contributed by atoms with E-state index in [0.29, 0.717) is 12.6 Å². The average molecular weight is 294 g/mol. The molecule has 6 heteroatoms. The van der Waals surface area contributed by atoms with E-state index in [0.717, 1.165) is 23.9 Å². The van der Waals surface area contributed by atoms with Crippen molar-refractivity contribution in [2.24, 2.45) is 0 Å². The number of thiazole rings is 1. The molecule has 0 atom stereocenters. The molecule has 110 valence electrons. The SMILES string of the molecule is CCNCc1c(N(CCO)C2CCC2)nc2sccn12. The molecule has 2 N–H and O–H groups in total. The van der Waals surface area contributed by atoms with Crippen molar-refractivity contribution in [2.75, 3.05) is 24.6 Å². The van der Waals surface area contributed by atoms with Crippen LogP contribution in [-0.4, -0.2) is 40.2 Å². The minimum Gasteiger partial charge on any atom is -0.395 e. The fourth-order valence-electron chi connectivity index (χ4n) is 2.73. The number of aliphatic hydroxyl groups is 1. The van der Waals surface area contributed by atoms with Crippen LogP contribution < -0.4 is 10.2 Å². The molecule has 0 spiro atoms. The Morgan fingerprint density at radius 1 is 1.55 bits per heavy atom. The molecule has 1 aliphatic carbocycles. The van der Waals surface area contributed by atoms with Gasteiger partial charge in [-0.15, -0.1) is 11.3 Å². The number of nitrogens with one attached hydrogen (secondary N) is 1. The first kappa shape index (κ1) is 13.9. The topological polar surface area (TPSA) is 52.8 Å². The Labute approximate surface area is 123 Å². The third kappa shape index (κ3) is 2.43. The van der Waals surface area contributed by atoms with Gasteiger partial charge in [-0.2, -0.15) is 0 Å². The second-order valence-electron chi connectivity index (χ2n) is 5.22. The van der Waals surface area contributed by atoms with Gasteiger partial charge >= 0.3 is 0 Å². The molecule has 0 unspecified atom stereocenters. The molecule has 0 amide bonds. The molecule has 1 saturated carbocycles. The van der Waals surface area contributed by atoms with E-state index >= 15 is 0 Å². The fraction of sp³-hybridized carbons (Fsp3) is 0.643. The van der Waals surface area contributed by atoms with Crippen LogP contribution in [0.2, 0.25) is 0 Å². The minimum atomic E-state index is 0.183. The summed E-state index contributed by atoms with van der Waals surface area (Å²) < 4.78 is 2.17. The summed E-state index contributed by atoms with van der Waals surface area (Å²) in [7, 11) is 0. The maximum atomic E-state index is 9.37. The first-order valence-electron chi connectivity index (χ1n) is 7.37. The van der Waals surface area contributed by atoms with Gasteiger partial charge in [-0.3, -0.25) is 4.40 Å². The van der Waals surface area contributed by atoms with Crippen LogP contribution >= 0.6 is 11.3 Å². The highest BCUT2D eigenvalue weighted by Gasteiger charge is 2.29. The molecule has 0 aliphatic heterocycles. The first-order chi connectivity index (χ1) is 9.85. The van der Waals surface area contributed by atoms with E-state index in [1.165, 1.54) is 25.0 Å². The minimum absolute atomic E-state index is 0.183. The molecule has 20 heavy (non-hydrogen) atoms. The lowest BCUT2D eigenvalue weighted by molar-refractivity contribution is 0.283. The van der Waals surface area contributed by atoms with Crippen molar-refractivity contribution >= 4 is 22.1 Å². The summed E-state index contributed by atoms with van der Waals surface area (Å²) in [5, 5.41) is 14.8. The van der Waals surface area contributed by atoms with Gasteiger partial charge in [0.25, 0.3) is 0 Å². The van der Waals surface area contributed by atoms with Crippen LogP contribution in [0.25, 0.3) is 4.96 Å². The molecule has 2 aromatic rings. The van der Waals surface area contributed by atoms with E-state index in [2.05, 4.69) is 33.1 Å². The Hall–Kier alpha value is -1.11. The summed E-state index contributed by atoms with van der Waals surface area (Å²) in [4.78, 5) is 8.14. The molecule has 2 heterocycles. The summed E-state index contributed by atoms with van der Waals surface area (Å²) in [5.74, 6) is 1.05. The van der Waals surface area contributed by atoms with E-state index in [1.54, 1.807) is 11.3 Å². The zero-order chi connectivity index (χ0) is 13.9. The predicted molar refractivity (Wildman–Crippen MR) is 82.5 cm³/mol. The van der Waals surface area contributed by atoms with Gasteiger partial charge in [0.15, 0.2) is 10.8 Å². The molecule has 1 aliphatic rings. The number of imidazole rings is 1. The van der Waals surface area contributed by atoms with E-state index in [9.17, 15) is 5.11 Å². The molecule has 0 radical (unpaired) electrons. The van der Waals surface area contributed by atoms with Crippen LogP contribution in [0.5, 0.6) is 0 Å². The smallest absolute Gasteiger partial charge is 0.195 e. The van der Waals surface area contributed by atoms with Crippen LogP contribution in [0.15, 0.2) is 11.6 Å². The van der Waals surface area contributed by atoms with Gasteiger partial charge in [0.2, 0.25) is 0 Å². The van der Waals surface area contributed by atoms with Crippen LogP contribution in [-0.2, 0) is 6.54 Å². The van der Waals surface area contributed by atoms with Crippen molar-refractivity contribution in [1.29, 1.82) is 0 Å². The van der Waals surface area contributed by atoms with E-state index in [4.69, 9.17) is 4.98 Å². The Morgan fingerprint density at radius 2 is 2.40 bits per heavy atom. The predicted octanol–water partition coefficient (Wildman–Crippen LogP) is 1.86. The third-order valence-electron chi connectivity index (χ3n) is 4.01. The molecule has 5 nitrogen and oxygen atoms in total. The van der Waals surface area contributed by atoms with Gasteiger partial charge in [-0.05, 0) is 25.8 Å². The van der Waals surface area contributed by atoms with Crippen LogP contribution in [0, 0.1) is 0 Å². The largest absolute Gasteiger partial charge is 0.395 e. The Kier molecular flexibility index (Phi) is 4.24. The maximum Gasteiger partial charge on any atom is 0.195 e. The second kappa shape index (κ2) is 6.11. The Balaban J connectivity index is 1.96. The normalized spacial score (nSPS) is 15.7. The number of nitrogens with zero attached hydrogens (tertiary/aromatic N) is 3. The Bertz CT molecular complexity index is 561. The third-order valence-corrected chi connectivity index (χ3v) is 4.77. The Morgan fingerprint density at radius 3 is 3.05 bits per heavy atom. The zero-order valence-electron chi connectivity index (χ0n) is 11.9. The van der Waals surface area contributed by atoms with Gasteiger partial charge < -0.3 is 15.3 Å². The van der Waals surface area contributed by atoms with E-state index in [-0.39, 0.29) is 6.61 Å². The monoisotopic (exact) mass is 294 g/mol. The molecular formula is C14H22N4OS. The lowest BCUT2D eigenvalue weighted by Crippen LogP contribution is -2.42. The summed E-state index contributed by atoms with van der Waals surface area (Å²) >= 11 is 1.66. The number of aliphatic hydroxyl groups excluding tert-OH is 1. The van der Waals surface area contributed by atoms with Crippen molar-refractivity contribution < 1.29 is 5.11 Å². The van der Waals surface area contributed by atoms with Crippen molar-refractivity contribution in [1.82, 2.24) is 14.7 Å². The molecular weight excluding hydrogens is 272 g/mol. The summed E-state index contributed by atoms with van der Waals surface area (Å²) in [6, 6.07) is 0.548. The van der Waals surface area contributed by atoms with Crippen LogP contribution in [0.3, 0.4) is 0 Å². The highest BCUT2D eigenvalue weighted by Crippen LogP contribution is 2.32. The summed E-state index contributed by atoms with van der Waals surface area (Å²) in [6.45, 7) is 4.73. The highest BCUT2D eigenvalue weighted by molar-refractivity contribution is 7.15. The van der Waals surface area contributed by atoms with Gasteiger partial charge in [0.1, 0.15) is 0 Å².